The molecule has 0 spiro atoms. The molecule has 140 valence electrons. The van der Waals surface area contributed by atoms with Gasteiger partial charge in [-0.2, -0.15) is 4.98 Å². The number of piperidine rings is 1. The lowest BCUT2D eigenvalue weighted by Gasteiger charge is -2.35. The molecular formula is C18H31N5O2. The summed E-state index contributed by atoms with van der Waals surface area (Å²) in [5.41, 5.74) is 0. The van der Waals surface area contributed by atoms with E-state index in [1.54, 1.807) is 6.92 Å². The molecular weight excluding hydrogens is 318 g/mol. The third-order valence-corrected chi connectivity index (χ3v) is 5.36. The second-order valence-corrected chi connectivity index (χ2v) is 7.46. The minimum Gasteiger partial charge on any atom is -0.339 e. The first-order valence-electron chi connectivity index (χ1n) is 9.75. The Morgan fingerprint density at radius 1 is 1.20 bits per heavy atom. The molecule has 0 aromatic carbocycles. The minimum absolute atomic E-state index is 0.0954. The molecule has 3 rings (SSSR count). The zero-order valence-corrected chi connectivity index (χ0v) is 15.3. The number of carbonyl (C=O) groups is 1. The summed E-state index contributed by atoms with van der Waals surface area (Å²) in [4.78, 5) is 18.7. The van der Waals surface area contributed by atoms with Crippen molar-refractivity contribution in [3.05, 3.63) is 11.7 Å². The van der Waals surface area contributed by atoms with Gasteiger partial charge in [0.15, 0.2) is 5.82 Å². The van der Waals surface area contributed by atoms with E-state index >= 15 is 0 Å². The molecule has 1 aromatic heterocycles. The number of carbonyl (C=O) groups excluding carboxylic acids is 1. The van der Waals surface area contributed by atoms with E-state index in [1.165, 1.54) is 38.6 Å². The molecule has 0 bridgehead atoms. The van der Waals surface area contributed by atoms with E-state index in [9.17, 15) is 4.79 Å². The number of urea groups is 1. The van der Waals surface area contributed by atoms with Crippen molar-refractivity contribution in [2.24, 2.45) is 5.92 Å². The number of nitrogens with zero attached hydrogens (tertiary/aromatic N) is 3. The first-order valence-corrected chi connectivity index (χ1v) is 9.75. The number of rotatable bonds is 6. The molecule has 1 aliphatic heterocycles. The van der Waals surface area contributed by atoms with Gasteiger partial charge < -0.3 is 20.1 Å². The topological polar surface area (TPSA) is 83.3 Å². The van der Waals surface area contributed by atoms with E-state index in [2.05, 4.69) is 25.7 Å². The molecule has 1 saturated carbocycles. The first kappa shape index (κ1) is 18.2. The van der Waals surface area contributed by atoms with Crippen LogP contribution < -0.4 is 10.6 Å². The molecule has 0 atom stereocenters. The van der Waals surface area contributed by atoms with Gasteiger partial charge in [0.25, 0.3) is 0 Å². The zero-order valence-electron chi connectivity index (χ0n) is 15.3. The van der Waals surface area contributed by atoms with Crippen LogP contribution in [0.5, 0.6) is 0 Å². The summed E-state index contributed by atoms with van der Waals surface area (Å²) in [5.74, 6) is 2.09. The van der Waals surface area contributed by atoms with Crippen molar-refractivity contribution < 1.29 is 9.32 Å². The number of likely N-dealkylation sites (tertiary alicyclic amines) is 1. The maximum atomic E-state index is 12.0. The summed E-state index contributed by atoms with van der Waals surface area (Å²) in [6.07, 6.45) is 9.70. The Bertz CT molecular complexity index is 533. The smallest absolute Gasteiger partial charge is 0.315 e. The average molecular weight is 349 g/mol. The van der Waals surface area contributed by atoms with Crippen molar-refractivity contribution >= 4 is 6.03 Å². The molecule has 7 nitrogen and oxygen atoms in total. The highest BCUT2D eigenvalue weighted by Crippen LogP contribution is 2.25. The van der Waals surface area contributed by atoms with E-state index < -0.39 is 0 Å². The summed E-state index contributed by atoms with van der Waals surface area (Å²) in [5, 5.41) is 9.70. The molecule has 2 amide bonds. The predicted molar refractivity (Wildman–Crippen MR) is 95.3 cm³/mol. The fraction of sp³-hybridized carbons (Fsp3) is 0.833. The Kier molecular flexibility index (Phi) is 6.67. The molecule has 1 saturated heterocycles. The van der Waals surface area contributed by atoms with Gasteiger partial charge >= 0.3 is 6.03 Å². The van der Waals surface area contributed by atoms with Crippen LogP contribution in [0.4, 0.5) is 4.79 Å². The van der Waals surface area contributed by atoms with Gasteiger partial charge in [-0.3, -0.25) is 0 Å². The molecule has 2 aliphatic rings. The van der Waals surface area contributed by atoms with Gasteiger partial charge in [0.1, 0.15) is 0 Å². The number of hydrogen-bond donors (Lipinski definition) is 2. The van der Waals surface area contributed by atoms with E-state index in [0.717, 1.165) is 31.8 Å². The number of aryl methyl sites for hydroxylation is 1. The standard InChI is InChI=1S/C18H31N5O2/c1-14-20-17(25-22-14)7-10-19-18(24)21-16-8-11-23(12-9-16)13-15-5-3-2-4-6-15/h15-16H,2-13H2,1H3,(H2,19,21,24). The van der Waals surface area contributed by atoms with Gasteiger partial charge in [-0.1, -0.05) is 24.4 Å². The van der Waals surface area contributed by atoms with E-state index in [1.807, 2.05) is 0 Å². The Labute approximate surface area is 149 Å². The van der Waals surface area contributed by atoms with Crippen LogP contribution in [-0.2, 0) is 6.42 Å². The third-order valence-electron chi connectivity index (χ3n) is 5.36. The molecule has 2 heterocycles. The molecule has 2 fully saturated rings. The molecule has 0 unspecified atom stereocenters. The molecule has 2 N–H and O–H groups in total. The average Bonchev–Trinajstić information content (AvgIpc) is 3.03. The quantitative estimate of drug-likeness (QED) is 0.823. The van der Waals surface area contributed by atoms with Crippen molar-refractivity contribution in [1.29, 1.82) is 0 Å². The van der Waals surface area contributed by atoms with Crippen LogP contribution in [0, 0.1) is 12.8 Å². The molecule has 1 aliphatic carbocycles. The van der Waals surface area contributed by atoms with E-state index in [4.69, 9.17) is 4.52 Å². The van der Waals surface area contributed by atoms with Crippen molar-refractivity contribution in [2.45, 2.75) is 64.3 Å². The summed E-state index contributed by atoms with van der Waals surface area (Å²) in [6.45, 7) is 5.75. The zero-order chi connectivity index (χ0) is 17.5. The fourth-order valence-electron chi connectivity index (χ4n) is 3.96. The second kappa shape index (κ2) is 9.17. The van der Waals surface area contributed by atoms with Gasteiger partial charge in [0.2, 0.25) is 5.89 Å². The van der Waals surface area contributed by atoms with Crippen LogP contribution in [0.25, 0.3) is 0 Å². The SMILES string of the molecule is Cc1noc(CCNC(=O)NC2CCN(CC3CCCCC3)CC2)n1. The summed E-state index contributed by atoms with van der Waals surface area (Å²) in [7, 11) is 0. The highest BCUT2D eigenvalue weighted by Gasteiger charge is 2.23. The highest BCUT2D eigenvalue weighted by atomic mass is 16.5. The maximum Gasteiger partial charge on any atom is 0.315 e. The van der Waals surface area contributed by atoms with Crippen molar-refractivity contribution in [1.82, 2.24) is 25.7 Å². The normalized spacial score (nSPS) is 20.5. The summed E-state index contributed by atoms with van der Waals surface area (Å²) < 4.78 is 5.03. The van der Waals surface area contributed by atoms with Crippen molar-refractivity contribution in [2.75, 3.05) is 26.2 Å². The van der Waals surface area contributed by atoms with Crippen molar-refractivity contribution in [3.8, 4) is 0 Å². The monoisotopic (exact) mass is 349 g/mol. The lowest BCUT2D eigenvalue weighted by atomic mass is 9.88. The molecule has 0 radical (unpaired) electrons. The van der Waals surface area contributed by atoms with Crippen LogP contribution in [0.15, 0.2) is 4.52 Å². The Balaban J connectivity index is 1.28. The van der Waals surface area contributed by atoms with Crippen LogP contribution in [0.3, 0.4) is 0 Å². The largest absolute Gasteiger partial charge is 0.339 e. The summed E-state index contributed by atoms with van der Waals surface area (Å²) in [6, 6.07) is 0.190. The Morgan fingerprint density at radius 3 is 2.64 bits per heavy atom. The van der Waals surface area contributed by atoms with Gasteiger partial charge in [0, 0.05) is 38.6 Å². The predicted octanol–water partition coefficient (Wildman–Crippen LogP) is 2.26. The molecule has 25 heavy (non-hydrogen) atoms. The van der Waals surface area contributed by atoms with Crippen LogP contribution >= 0.6 is 0 Å². The number of nitrogens with one attached hydrogen (secondary N) is 2. The van der Waals surface area contributed by atoms with Gasteiger partial charge in [0.05, 0.1) is 0 Å². The number of aromatic nitrogens is 2. The molecule has 1 aromatic rings. The van der Waals surface area contributed by atoms with Crippen LogP contribution in [0.2, 0.25) is 0 Å². The Morgan fingerprint density at radius 2 is 1.96 bits per heavy atom. The fourth-order valence-corrected chi connectivity index (χ4v) is 3.96. The van der Waals surface area contributed by atoms with Gasteiger partial charge in [-0.15, -0.1) is 0 Å². The van der Waals surface area contributed by atoms with Crippen LogP contribution in [0.1, 0.15) is 56.7 Å². The van der Waals surface area contributed by atoms with Gasteiger partial charge in [-0.05, 0) is 38.5 Å². The molecule has 7 heteroatoms. The van der Waals surface area contributed by atoms with E-state index in [-0.39, 0.29) is 12.1 Å². The number of amides is 2. The first-order chi connectivity index (χ1) is 12.2. The second-order valence-electron chi connectivity index (χ2n) is 7.46. The number of hydrogen-bond acceptors (Lipinski definition) is 5. The third kappa shape index (κ3) is 5.99. The lowest BCUT2D eigenvalue weighted by molar-refractivity contribution is 0.155. The van der Waals surface area contributed by atoms with Gasteiger partial charge in [-0.25, -0.2) is 4.79 Å². The van der Waals surface area contributed by atoms with Crippen LogP contribution in [-0.4, -0.2) is 53.3 Å². The van der Waals surface area contributed by atoms with Crippen molar-refractivity contribution in [3.63, 3.8) is 0 Å². The Hall–Kier alpha value is -1.63. The van der Waals surface area contributed by atoms with E-state index in [0.29, 0.717) is 24.7 Å². The lowest BCUT2D eigenvalue weighted by Crippen LogP contribution is -2.48. The minimum atomic E-state index is -0.0954. The highest BCUT2D eigenvalue weighted by molar-refractivity contribution is 5.74. The maximum absolute atomic E-state index is 12.0. The summed E-state index contributed by atoms with van der Waals surface area (Å²) >= 11 is 0.